The van der Waals surface area contributed by atoms with Crippen molar-refractivity contribution in [2.75, 3.05) is 34.3 Å². The first-order chi connectivity index (χ1) is 12.9. The lowest BCUT2D eigenvalue weighted by molar-refractivity contribution is -0.127. The molecule has 3 rings (SSSR count). The average molecular weight is 373 g/mol. The number of nitrogens with one attached hydrogen (secondary N) is 1. The van der Waals surface area contributed by atoms with Crippen molar-refractivity contribution >= 4 is 22.9 Å². The van der Waals surface area contributed by atoms with Crippen molar-refractivity contribution in [3.05, 3.63) is 30.0 Å². The molecule has 1 atom stereocenters. The van der Waals surface area contributed by atoms with Gasteiger partial charge in [-0.15, -0.1) is 0 Å². The zero-order chi connectivity index (χ0) is 19.6. The van der Waals surface area contributed by atoms with Crippen LogP contribution in [-0.2, 0) is 4.79 Å². The van der Waals surface area contributed by atoms with Crippen LogP contribution in [0.4, 0.5) is 4.79 Å². The number of furan rings is 1. The Bertz CT molecular complexity index is 822. The third-order valence-corrected chi connectivity index (χ3v) is 5.05. The van der Waals surface area contributed by atoms with Crippen LogP contribution in [0.2, 0.25) is 0 Å². The Morgan fingerprint density at radius 3 is 2.63 bits per heavy atom. The van der Waals surface area contributed by atoms with E-state index in [-0.39, 0.29) is 23.9 Å². The van der Waals surface area contributed by atoms with Gasteiger partial charge in [-0.25, -0.2) is 4.79 Å². The number of hydrogen-bond donors (Lipinski definition) is 1. The summed E-state index contributed by atoms with van der Waals surface area (Å²) in [5.41, 5.74) is 0.687. The van der Waals surface area contributed by atoms with Crippen LogP contribution in [0, 0.1) is 5.92 Å². The lowest BCUT2D eigenvalue weighted by Gasteiger charge is -2.33. The Morgan fingerprint density at radius 1 is 1.30 bits per heavy atom. The van der Waals surface area contributed by atoms with E-state index in [2.05, 4.69) is 5.32 Å². The molecule has 1 saturated heterocycles. The summed E-state index contributed by atoms with van der Waals surface area (Å²) in [4.78, 5) is 28.0. The van der Waals surface area contributed by atoms with Gasteiger partial charge in [0.05, 0.1) is 13.2 Å². The van der Waals surface area contributed by atoms with Crippen molar-refractivity contribution in [1.82, 2.24) is 15.1 Å². The van der Waals surface area contributed by atoms with Crippen LogP contribution in [0.1, 0.15) is 31.6 Å². The van der Waals surface area contributed by atoms with Crippen molar-refractivity contribution in [2.24, 2.45) is 5.92 Å². The van der Waals surface area contributed by atoms with Gasteiger partial charge >= 0.3 is 6.03 Å². The van der Waals surface area contributed by atoms with Gasteiger partial charge in [0.1, 0.15) is 5.76 Å². The second kappa shape index (κ2) is 7.90. The van der Waals surface area contributed by atoms with Gasteiger partial charge in [-0.05, 0) is 31.9 Å². The summed E-state index contributed by atoms with van der Waals surface area (Å²) < 4.78 is 11.2. The van der Waals surface area contributed by atoms with Crippen molar-refractivity contribution in [3.63, 3.8) is 0 Å². The number of ether oxygens (including phenoxy) is 1. The molecule has 1 fully saturated rings. The highest BCUT2D eigenvalue weighted by atomic mass is 16.5. The molecule has 1 N–H and O–H groups in total. The van der Waals surface area contributed by atoms with Crippen LogP contribution in [-0.4, -0.2) is 56.0 Å². The van der Waals surface area contributed by atoms with Gasteiger partial charge in [-0.1, -0.05) is 12.1 Å². The quantitative estimate of drug-likeness (QED) is 0.894. The predicted molar refractivity (Wildman–Crippen MR) is 103 cm³/mol. The van der Waals surface area contributed by atoms with Crippen molar-refractivity contribution in [2.45, 2.75) is 25.8 Å². The van der Waals surface area contributed by atoms with Crippen LogP contribution in [0.15, 0.2) is 28.7 Å². The van der Waals surface area contributed by atoms with E-state index in [0.717, 1.165) is 5.39 Å². The third kappa shape index (κ3) is 4.02. The fraction of sp³-hybridized carbons (Fsp3) is 0.500. The lowest BCUT2D eigenvalue weighted by Crippen LogP contribution is -2.46. The fourth-order valence-electron chi connectivity index (χ4n) is 3.45. The molecule has 1 aromatic carbocycles. The molecule has 146 valence electrons. The molecule has 27 heavy (non-hydrogen) atoms. The van der Waals surface area contributed by atoms with E-state index in [1.54, 1.807) is 31.0 Å². The summed E-state index contributed by atoms with van der Waals surface area (Å²) in [6.45, 7) is 3.11. The van der Waals surface area contributed by atoms with Gasteiger partial charge in [0, 0.05) is 38.5 Å². The lowest BCUT2D eigenvalue weighted by atomic mass is 9.95. The molecular weight excluding hydrogens is 346 g/mol. The average Bonchev–Trinajstić information content (AvgIpc) is 3.11. The number of rotatable bonds is 4. The third-order valence-electron chi connectivity index (χ3n) is 5.05. The van der Waals surface area contributed by atoms with E-state index in [1.165, 1.54) is 0 Å². The Morgan fingerprint density at radius 2 is 2.00 bits per heavy atom. The van der Waals surface area contributed by atoms with Gasteiger partial charge < -0.3 is 24.3 Å². The topological polar surface area (TPSA) is 75.0 Å². The molecule has 1 aliphatic heterocycles. The fourth-order valence-corrected chi connectivity index (χ4v) is 3.45. The summed E-state index contributed by atoms with van der Waals surface area (Å²) in [5, 5.41) is 3.99. The number of urea groups is 1. The number of para-hydroxylation sites is 1. The number of amides is 3. The molecule has 2 aromatic rings. The number of carbonyl (C=O) groups is 2. The summed E-state index contributed by atoms with van der Waals surface area (Å²) in [7, 11) is 5.09. The van der Waals surface area contributed by atoms with E-state index >= 15 is 0 Å². The Balaban J connectivity index is 1.61. The molecule has 0 saturated carbocycles. The number of benzene rings is 1. The Kier molecular flexibility index (Phi) is 5.58. The molecule has 0 aliphatic carbocycles. The highest BCUT2D eigenvalue weighted by Crippen LogP contribution is 2.31. The summed E-state index contributed by atoms with van der Waals surface area (Å²) in [6, 6.07) is 7.40. The molecular formula is C20H27N3O4. The number of fused-ring (bicyclic) bond motifs is 1. The number of likely N-dealkylation sites (tertiary alicyclic amines) is 1. The molecule has 0 spiro atoms. The minimum absolute atomic E-state index is 0.00144. The standard InChI is InChI=1S/C20H27N3O4/c1-13(17-12-15-6-5-7-16(26-4)18(15)27-17)21-19(24)14-8-10-23(11-9-14)20(25)22(2)3/h5-7,12-14H,8-11H2,1-4H3,(H,21,24). The first kappa shape index (κ1) is 19.1. The molecule has 3 amide bonds. The highest BCUT2D eigenvalue weighted by molar-refractivity contribution is 5.84. The molecule has 7 heteroatoms. The summed E-state index contributed by atoms with van der Waals surface area (Å²) in [6.07, 6.45) is 1.35. The van der Waals surface area contributed by atoms with Crippen molar-refractivity contribution < 1.29 is 18.7 Å². The number of carbonyl (C=O) groups excluding carboxylic acids is 2. The van der Waals surface area contributed by atoms with Crippen LogP contribution >= 0.6 is 0 Å². The number of methoxy groups -OCH3 is 1. The van der Waals surface area contributed by atoms with E-state index < -0.39 is 0 Å². The van der Waals surface area contributed by atoms with Crippen molar-refractivity contribution in [3.8, 4) is 5.75 Å². The Labute approximate surface area is 159 Å². The van der Waals surface area contributed by atoms with Gasteiger partial charge in [-0.2, -0.15) is 0 Å². The maximum Gasteiger partial charge on any atom is 0.319 e. The predicted octanol–water partition coefficient (Wildman–Crippen LogP) is 3.01. The van der Waals surface area contributed by atoms with Gasteiger partial charge in [0.25, 0.3) is 0 Å². The highest BCUT2D eigenvalue weighted by Gasteiger charge is 2.29. The monoisotopic (exact) mass is 373 g/mol. The minimum Gasteiger partial charge on any atom is -0.493 e. The van der Waals surface area contributed by atoms with Crippen LogP contribution in [0.3, 0.4) is 0 Å². The zero-order valence-electron chi connectivity index (χ0n) is 16.3. The van der Waals surface area contributed by atoms with Crippen LogP contribution < -0.4 is 10.1 Å². The molecule has 0 radical (unpaired) electrons. The van der Waals surface area contributed by atoms with Gasteiger partial charge in [-0.3, -0.25) is 4.79 Å². The van der Waals surface area contributed by atoms with Crippen molar-refractivity contribution in [1.29, 1.82) is 0 Å². The first-order valence-corrected chi connectivity index (χ1v) is 9.23. The van der Waals surface area contributed by atoms with Crippen LogP contribution in [0.25, 0.3) is 11.0 Å². The van der Waals surface area contributed by atoms with E-state index in [0.29, 0.717) is 43.0 Å². The summed E-state index contributed by atoms with van der Waals surface area (Å²) in [5.74, 6) is 1.29. The molecule has 1 aliphatic rings. The molecule has 2 heterocycles. The van der Waals surface area contributed by atoms with E-state index in [1.807, 2.05) is 31.2 Å². The molecule has 0 bridgehead atoms. The second-order valence-electron chi connectivity index (χ2n) is 7.20. The van der Waals surface area contributed by atoms with Gasteiger partial charge in [0.2, 0.25) is 5.91 Å². The van der Waals surface area contributed by atoms with E-state index in [9.17, 15) is 9.59 Å². The second-order valence-corrected chi connectivity index (χ2v) is 7.20. The number of nitrogens with zero attached hydrogens (tertiary/aromatic N) is 2. The normalized spacial score (nSPS) is 16.2. The summed E-state index contributed by atoms with van der Waals surface area (Å²) >= 11 is 0. The molecule has 1 unspecified atom stereocenters. The maximum atomic E-state index is 12.6. The first-order valence-electron chi connectivity index (χ1n) is 9.23. The molecule has 7 nitrogen and oxygen atoms in total. The smallest absolute Gasteiger partial charge is 0.319 e. The van der Waals surface area contributed by atoms with E-state index in [4.69, 9.17) is 9.15 Å². The SMILES string of the molecule is COc1cccc2cc(C(C)NC(=O)C3CCN(C(=O)N(C)C)CC3)oc12. The van der Waals surface area contributed by atoms with Gasteiger partial charge in [0.15, 0.2) is 11.3 Å². The maximum absolute atomic E-state index is 12.6. The molecule has 1 aromatic heterocycles. The number of hydrogen-bond acceptors (Lipinski definition) is 4. The Hall–Kier alpha value is -2.70. The van der Waals surface area contributed by atoms with Crippen LogP contribution in [0.5, 0.6) is 5.75 Å². The zero-order valence-corrected chi connectivity index (χ0v) is 16.3. The minimum atomic E-state index is -0.240. The largest absolute Gasteiger partial charge is 0.493 e. The number of piperidine rings is 1.